The summed E-state index contributed by atoms with van der Waals surface area (Å²) in [5.41, 5.74) is 3.65. The van der Waals surface area contributed by atoms with Crippen LogP contribution in [-0.2, 0) is 4.79 Å². The van der Waals surface area contributed by atoms with Crippen molar-refractivity contribution >= 4 is 45.9 Å². The molecule has 0 saturated heterocycles. The number of oxazole rings is 1. The first-order valence-corrected chi connectivity index (χ1v) is 9.59. The van der Waals surface area contributed by atoms with E-state index in [4.69, 9.17) is 32.4 Å². The first-order valence-electron chi connectivity index (χ1n) is 8.84. The van der Waals surface area contributed by atoms with E-state index >= 15 is 0 Å². The number of nitrogens with one attached hydrogen (secondary N) is 1. The van der Waals surface area contributed by atoms with Gasteiger partial charge in [-0.3, -0.25) is 4.79 Å². The van der Waals surface area contributed by atoms with E-state index in [-0.39, 0.29) is 12.5 Å². The van der Waals surface area contributed by atoms with Gasteiger partial charge in [0.1, 0.15) is 11.3 Å². The van der Waals surface area contributed by atoms with E-state index in [1.165, 1.54) is 0 Å². The Morgan fingerprint density at radius 2 is 1.90 bits per heavy atom. The van der Waals surface area contributed by atoms with Gasteiger partial charge in [-0.1, -0.05) is 41.4 Å². The van der Waals surface area contributed by atoms with E-state index in [1.807, 2.05) is 25.1 Å². The lowest BCUT2D eigenvalue weighted by atomic mass is 10.2. The van der Waals surface area contributed by atoms with E-state index < -0.39 is 0 Å². The molecule has 1 amide bonds. The summed E-state index contributed by atoms with van der Waals surface area (Å²) >= 11 is 12.4. The highest BCUT2D eigenvalue weighted by Crippen LogP contribution is 2.32. The summed E-state index contributed by atoms with van der Waals surface area (Å²) < 4.78 is 11.3. The molecule has 0 radical (unpaired) electrons. The monoisotopic (exact) mass is 426 g/mol. The summed E-state index contributed by atoms with van der Waals surface area (Å²) in [5.74, 6) is 0.508. The smallest absolute Gasteiger partial charge is 0.262 e. The molecule has 1 aromatic heterocycles. The molecule has 0 spiro atoms. The number of carbonyl (C=O) groups excluding carboxylic acids is 1. The maximum absolute atomic E-state index is 12.3. The predicted octanol–water partition coefficient (Wildman–Crippen LogP) is 6.13. The van der Waals surface area contributed by atoms with Crippen LogP contribution in [0.4, 0.5) is 5.69 Å². The van der Waals surface area contributed by atoms with Crippen molar-refractivity contribution in [1.29, 1.82) is 0 Å². The number of carbonyl (C=O) groups is 1. The van der Waals surface area contributed by atoms with Crippen molar-refractivity contribution in [3.05, 3.63) is 76.3 Å². The Morgan fingerprint density at radius 3 is 2.72 bits per heavy atom. The maximum atomic E-state index is 12.3. The summed E-state index contributed by atoms with van der Waals surface area (Å²) in [6, 6.07) is 17.8. The molecule has 1 heterocycles. The van der Waals surface area contributed by atoms with Gasteiger partial charge in [0.15, 0.2) is 12.2 Å². The highest BCUT2D eigenvalue weighted by Gasteiger charge is 2.14. The van der Waals surface area contributed by atoms with Crippen molar-refractivity contribution in [2.24, 2.45) is 0 Å². The molecule has 29 heavy (non-hydrogen) atoms. The molecule has 146 valence electrons. The molecule has 1 N–H and O–H groups in total. The lowest BCUT2D eigenvalue weighted by molar-refractivity contribution is -0.118. The number of aromatic nitrogens is 1. The molecule has 0 atom stereocenters. The van der Waals surface area contributed by atoms with E-state index in [9.17, 15) is 4.79 Å². The van der Waals surface area contributed by atoms with Gasteiger partial charge in [0, 0.05) is 5.69 Å². The molecule has 0 aliphatic carbocycles. The number of amides is 1. The minimum absolute atomic E-state index is 0.177. The zero-order valence-corrected chi connectivity index (χ0v) is 16.9. The fourth-order valence-electron chi connectivity index (χ4n) is 2.82. The van der Waals surface area contributed by atoms with Crippen molar-refractivity contribution in [2.75, 3.05) is 11.9 Å². The number of para-hydroxylation sites is 1. The quantitative estimate of drug-likeness (QED) is 0.416. The number of anilines is 1. The average Bonchev–Trinajstić information content (AvgIpc) is 3.11. The van der Waals surface area contributed by atoms with E-state index in [2.05, 4.69) is 10.3 Å². The van der Waals surface area contributed by atoms with Crippen LogP contribution in [-0.4, -0.2) is 17.5 Å². The van der Waals surface area contributed by atoms with Gasteiger partial charge in [0.25, 0.3) is 5.91 Å². The molecule has 0 aliphatic heterocycles. The van der Waals surface area contributed by atoms with Crippen LogP contribution in [0.3, 0.4) is 0 Å². The lowest BCUT2D eigenvalue weighted by Gasteiger charge is -2.09. The molecule has 0 aliphatic rings. The Balaban J connectivity index is 1.51. The summed E-state index contributed by atoms with van der Waals surface area (Å²) in [5, 5.41) is 3.69. The number of benzene rings is 3. The molecule has 0 saturated carbocycles. The maximum Gasteiger partial charge on any atom is 0.262 e. The van der Waals surface area contributed by atoms with Gasteiger partial charge < -0.3 is 14.5 Å². The minimum Gasteiger partial charge on any atom is -0.482 e. The number of nitrogens with zero attached hydrogens (tertiary/aromatic N) is 1. The number of hydrogen-bond donors (Lipinski definition) is 1. The number of rotatable bonds is 5. The topological polar surface area (TPSA) is 64.4 Å². The minimum atomic E-state index is -0.327. The highest BCUT2D eigenvalue weighted by atomic mass is 35.5. The van der Waals surface area contributed by atoms with Crippen molar-refractivity contribution in [3.63, 3.8) is 0 Å². The summed E-state index contributed by atoms with van der Waals surface area (Å²) in [4.78, 5) is 16.8. The number of fused-ring (bicyclic) bond motifs is 1. The SMILES string of the molecule is Cc1ccc2oc(-c3cc(NC(=O)COc4ccccc4Cl)ccc3Cl)nc2c1. The highest BCUT2D eigenvalue weighted by molar-refractivity contribution is 6.33. The molecule has 4 aromatic rings. The second kappa shape index (κ2) is 8.15. The lowest BCUT2D eigenvalue weighted by Crippen LogP contribution is -2.20. The largest absolute Gasteiger partial charge is 0.482 e. The van der Waals surface area contributed by atoms with Crippen LogP contribution in [0.2, 0.25) is 10.0 Å². The molecule has 0 bridgehead atoms. The van der Waals surface area contributed by atoms with Crippen LogP contribution < -0.4 is 10.1 Å². The van der Waals surface area contributed by atoms with Gasteiger partial charge in [-0.2, -0.15) is 0 Å². The second-order valence-electron chi connectivity index (χ2n) is 6.45. The molecule has 4 rings (SSSR count). The number of hydrogen-bond acceptors (Lipinski definition) is 4. The van der Waals surface area contributed by atoms with Crippen LogP contribution >= 0.6 is 23.2 Å². The summed E-state index contributed by atoms with van der Waals surface area (Å²) in [6.45, 7) is 1.81. The number of ether oxygens (including phenoxy) is 1. The van der Waals surface area contributed by atoms with Gasteiger partial charge in [-0.15, -0.1) is 0 Å². The molecule has 5 nitrogen and oxygen atoms in total. The molecule has 0 fully saturated rings. The first-order chi connectivity index (χ1) is 14.0. The Labute approximate surface area is 177 Å². The van der Waals surface area contributed by atoms with Crippen molar-refractivity contribution in [3.8, 4) is 17.2 Å². The zero-order chi connectivity index (χ0) is 20.4. The Morgan fingerprint density at radius 1 is 1.07 bits per heavy atom. The van der Waals surface area contributed by atoms with E-state index in [0.29, 0.717) is 38.5 Å². The molecule has 3 aromatic carbocycles. The second-order valence-corrected chi connectivity index (χ2v) is 7.27. The molecule has 7 heteroatoms. The average molecular weight is 427 g/mol. The van der Waals surface area contributed by atoms with E-state index in [1.54, 1.807) is 42.5 Å². The van der Waals surface area contributed by atoms with Crippen LogP contribution in [0.5, 0.6) is 5.75 Å². The Kier molecular flexibility index (Phi) is 5.43. The molecular weight excluding hydrogens is 411 g/mol. The third-order valence-corrected chi connectivity index (χ3v) is 4.86. The summed E-state index contributed by atoms with van der Waals surface area (Å²) in [7, 11) is 0. The van der Waals surface area contributed by atoms with Gasteiger partial charge in [0.05, 0.1) is 15.6 Å². The van der Waals surface area contributed by atoms with E-state index in [0.717, 1.165) is 11.1 Å². The van der Waals surface area contributed by atoms with Crippen LogP contribution in [0, 0.1) is 6.92 Å². The Hall–Kier alpha value is -3.02. The van der Waals surface area contributed by atoms with Crippen molar-refractivity contribution in [1.82, 2.24) is 4.98 Å². The summed E-state index contributed by atoms with van der Waals surface area (Å²) in [6.07, 6.45) is 0. The van der Waals surface area contributed by atoms with Crippen molar-refractivity contribution in [2.45, 2.75) is 6.92 Å². The molecule has 0 unspecified atom stereocenters. The fourth-order valence-corrected chi connectivity index (χ4v) is 3.21. The third kappa shape index (κ3) is 4.36. The fraction of sp³-hybridized carbons (Fsp3) is 0.0909. The van der Waals surface area contributed by atoms with Crippen LogP contribution in [0.1, 0.15) is 5.56 Å². The van der Waals surface area contributed by atoms with Crippen LogP contribution in [0.15, 0.2) is 65.1 Å². The first kappa shape index (κ1) is 19.3. The normalized spacial score (nSPS) is 10.9. The van der Waals surface area contributed by atoms with Gasteiger partial charge in [0.2, 0.25) is 5.89 Å². The third-order valence-electron chi connectivity index (χ3n) is 4.22. The predicted molar refractivity (Wildman–Crippen MR) is 115 cm³/mol. The number of aryl methyl sites for hydroxylation is 1. The standard InChI is InChI=1S/C22H16Cl2N2O3/c1-13-6-9-20-18(10-13)26-22(29-20)15-11-14(7-8-16(15)23)25-21(27)12-28-19-5-3-2-4-17(19)24/h2-11H,12H2,1H3,(H,25,27). The van der Waals surface area contributed by atoms with Crippen LogP contribution in [0.25, 0.3) is 22.6 Å². The Bertz CT molecular complexity index is 1200. The van der Waals surface area contributed by atoms with Gasteiger partial charge in [-0.05, 0) is 55.0 Å². The zero-order valence-electron chi connectivity index (χ0n) is 15.4. The van der Waals surface area contributed by atoms with Gasteiger partial charge in [-0.25, -0.2) is 4.98 Å². The van der Waals surface area contributed by atoms with Crippen molar-refractivity contribution < 1.29 is 13.9 Å². The van der Waals surface area contributed by atoms with Gasteiger partial charge >= 0.3 is 0 Å². The number of halogens is 2. The molecular formula is C22H16Cl2N2O3.